The van der Waals surface area contributed by atoms with E-state index in [9.17, 15) is 18.6 Å². The number of hydrogen-bond acceptors (Lipinski definition) is 6. The molecule has 0 aliphatic heterocycles. The highest BCUT2D eigenvalue weighted by molar-refractivity contribution is 7.86. The molecule has 0 radical (unpaired) electrons. The van der Waals surface area contributed by atoms with Gasteiger partial charge in [-0.2, -0.15) is 8.42 Å². The van der Waals surface area contributed by atoms with Gasteiger partial charge in [-0.25, -0.2) is 0 Å². The average Bonchev–Trinajstić information content (AvgIpc) is 2.80. The Kier molecular flexibility index (Phi) is 2.81. The van der Waals surface area contributed by atoms with Crippen molar-refractivity contribution in [1.29, 1.82) is 0 Å². The Morgan fingerprint density at radius 1 is 0.952 bits per heavy atom. The molecule has 108 valence electrons. The predicted molar refractivity (Wildman–Crippen MR) is 72.0 cm³/mol. The molecule has 1 aromatic heterocycles. The molecule has 2 aromatic carbocycles. The zero-order chi connectivity index (χ0) is 15.2. The van der Waals surface area contributed by atoms with E-state index >= 15 is 0 Å². The van der Waals surface area contributed by atoms with Crippen LogP contribution in [0.3, 0.4) is 0 Å². The van der Waals surface area contributed by atoms with E-state index in [0.29, 0.717) is 11.0 Å². The Morgan fingerprint density at radius 2 is 1.52 bits per heavy atom. The van der Waals surface area contributed by atoms with Crippen molar-refractivity contribution < 1.29 is 23.2 Å². The van der Waals surface area contributed by atoms with Crippen LogP contribution in [-0.2, 0) is 10.1 Å². The maximum atomic E-state index is 11.2. The van der Waals surface area contributed by atoms with E-state index in [0.717, 1.165) is 16.9 Å². The molecule has 0 aliphatic carbocycles. The smallest absolute Gasteiger partial charge is 0.298 e. The number of rotatable bonds is 2. The highest BCUT2D eigenvalue weighted by Gasteiger charge is 2.20. The molecule has 0 amide bonds. The monoisotopic (exact) mass is 307 g/mol. The number of fused-ring (bicyclic) bond motifs is 1. The third-order valence-corrected chi connectivity index (χ3v) is 3.72. The van der Waals surface area contributed by atoms with Gasteiger partial charge in [-0.1, -0.05) is 12.1 Å². The standard InChI is InChI=1S/C12H9N3O5S/c16-10-6-11(17)12(21(18,19)20)5-9(10)15-13-7-3-1-2-4-8(7)14-15/h1-6,16-17H,(H,18,19,20). The molecule has 3 aromatic rings. The summed E-state index contributed by atoms with van der Waals surface area (Å²) < 4.78 is 31.4. The van der Waals surface area contributed by atoms with Gasteiger partial charge in [-0.3, -0.25) is 4.55 Å². The lowest BCUT2D eigenvalue weighted by Gasteiger charge is -2.07. The fourth-order valence-electron chi connectivity index (χ4n) is 1.88. The Balaban J connectivity index is 2.26. The highest BCUT2D eigenvalue weighted by atomic mass is 32.2. The summed E-state index contributed by atoms with van der Waals surface area (Å²) in [5.74, 6) is -1.20. The average molecular weight is 307 g/mol. The molecule has 0 saturated heterocycles. The van der Waals surface area contributed by atoms with Gasteiger partial charge >= 0.3 is 0 Å². The van der Waals surface area contributed by atoms with E-state index in [2.05, 4.69) is 10.2 Å². The van der Waals surface area contributed by atoms with Crippen LogP contribution in [0.25, 0.3) is 16.7 Å². The van der Waals surface area contributed by atoms with Crippen LogP contribution >= 0.6 is 0 Å². The third-order valence-electron chi connectivity index (χ3n) is 2.84. The lowest BCUT2D eigenvalue weighted by atomic mass is 10.3. The first-order valence-electron chi connectivity index (χ1n) is 5.72. The minimum absolute atomic E-state index is 0.0865. The number of aromatic nitrogens is 3. The summed E-state index contributed by atoms with van der Waals surface area (Å²) in [4.78, 5) is 0.283. The molecular weight excluding hydrogens is 298 g/mol. The van der Waals surface area contributed by atoms with Gasteiger partial charge in [0.05, 0.1) is 0 Å². The van der Waals surface area contributed by atoms with Gasteiger partial charge in [0.15, 0.2) is 0 Å². The lowest BCUT2D eigenvalue weighted by molar-refractivity contribution is 0.428. The third kappa shape index (κ3) is 2.28. The van der Waals surface area contributed by atoms with Crippen LogP contribution in [0.4, 0.5) is 0 Å². The number of hydrogen-bond donors (Lipinski definition) is 3. The van der Waals surface area contributed by atoms with Crippen LogP contribution in [0, 0.1) is 0 Å². The van der Waals surface area contributed by atoms with Gasteiger partial charge in [-0.15, -0.1) is 15.0 Å². The van der Waals surface area contributed by atoms with Crippen LogP contribution in [-0.4, -0.2) is 38.2 Å². The molecule has 0 fully saturated rings. The van der Waals surface area contributed by atoms with Crippen LogP contribution in [0.15, 0.2) is 41.3 Å². The first-order chi connectivity index (χ1) is 9.86. The Bertz CT molecular complexity index is 916. The van der Waals surface area contributed by atoms with Crippen molar-refractivity contribution in [2.75, 3.05) is 0 Å². The van der Waals surface area contributed by atoms with Gasteiger partial charge in [0.1, 0.15) is 33.1 Å². The first kappa shape index (κ1) is 13.3. The maximum absolute atomic E-state index is 11.2. The number of nitrogens with zero attached hydrogens (tertiary/aromatic N) is 3. The van der Waals surface area contributed by atoms with Crippen LogP contribution in [0.2, 0.25) is 0 Å². The summed E-state index contributed by atoms with van der Waals surface area (Å²) in [7, 11) is -4.64. The van der Waals surface area contributed by atoms with Gasteiger partial charge in [-0.05, 0) is 18.2 Å². The van der Waals surface area contributed by atoms with E-state index in [1.54, 1.807) is 24.3 Å². The highest BCUT2D eigenvalue weighted by Crippen LogP contribution is 2.32. The molecule has 21 heavy (non-hydrogen) atoms. The van der Waals surface area contributed by atoms with Gasteiger partial charge in [0.25, 0.3) is 10.1 Å². The molecule has 1 heterocycles. The summed E-state index contributed by atoms with van der Waals surface area (Å²) in [6, 6.07) is 8.58. The van der Waals surface area contributed by atoms with Gasteiger partial charge in [0.2, 0.25) is 0 Å². The lowest BCUT2D eigenvalue weighted by Crippen LogP contribution is -2.04. The quantitative estimate of drug-likeness (QED) is 0.605. The zero-order valence-corrected chi connectivity index (χ0v) is 11.2. The predicted octanol–water partition coefficient (Wildman–Crippen LogP) is 1.08. The first-order valence-corrected chi connectivity index (χ1v) is 7.16. The normalized spacial score (nSPS) is 11.9. The van der Waals surface area contributed by atoms with Crippen molar-refractivity contribution in [3.8, 4) is 17.2 Å². The van der Waals surface area contributed by atoms with Crippen molar-refractivity contribution in [2.45, 2.75) is 4.90 Å². The van der Waals surface area contributed by atoms with E-state index in [1.165, 1.54) is 0 Å². The van der Waals surface area contributed by atoms with Crippen LogP contribution in [0.1, 0.15) is 0 Å². The molecular formula is C12H9N3O5S. The summed E-state index contributed by atoms with van der Waals surface area (Å²) in [5, 5.41) is 27.5. The van der Waals surface area contributed by atoms with Crippen molar-refractivity contribution in [2.24, 2.45) is 0 Å². The molecule has 0 bridgehead atoms. The van der Waals surface area contributed by atoms with Crippen molar-refractivity contribution >= 4 is 21.2 Å². The second-order valence-electron chi connectivity index (χ2n) is 4.26. The Morgan fingerprint density at radius 3 is 2.05 bits per heavy atom. The molecule has 3 N–H and O–H groups in total. The van der Waals surface area contributed by atoms with E-state index < -0.39 is 26.5 Å². The molecule has 0 spiro atoms. The fraction of sp³-hybridized carbons (Fsp3) is 0. The number of phenols is 2. The molecule has 8 nitrogen and oxygen atoms in total. The minimum atomic E-state index is -4.64. The second kappa shape index (κ2) is 4.43. The zero-order valence-electron chi connectivity index (χ0n) is 10.4. The largest absolute Gasteiger partial charge is 0.506 e. The molecule has 0 atom stereocenters. The topological polar surface area (TPSA) is 126 Å². The Labute approximate surface area is 118 Å². The molecule has 0 aliphatic rings. The van der Waals surface area contributed by atoms with Crippen LogP contribution in [0.5, 0.6) is 11.5 Å². The van der Waals surface area contributed by atoms with E-state index in [1.807, 2.05) is 0 Å². The molecule has 3 rings (SSSR count). The maximum Gasteiger partial charge on any atom is 0.298 e. The van der Waals surface area contributed by atoms with Gasteiger partial charge in [0, 0.05) is 6.07 Å². The summed E-state index contributed by atoms with van der Waals surface area (Å²) >= 11 is 0. The van der Waals surface area contributed by atoms with Gasteiger partial charge < -0.3 is 10.2 Å². The second-order valence-corrected chi connectivity index (χ2v) is 5.65. The molecule has 0 saturated carbocycles. The molecule has 9 heteroatoms. The number of benzene rings is 2. The molecule has 0 unspecified atom stereocenters. The fourth-order valence-corrected chi connectivity index (χ4v) is 2.46. The van der Waals surface area contributed by atoms with E-state index in [-0.39, 0.29) is 5.69 Å². The SMILES string of the molecule is O=S(=O)(O)c1cc(-n2nc3ccccc3n2)c(O)cc1O. The number of aromatic hydroxyl groups is 2. The van der Waals surface area contributed by atoms with Crippen molar-refractivity contribution in [3.63, 3.8) is 0 Å². The number of phenolic OH excluding ortho intramolecular Hbond substituents is 2. The summed E-state index contributed by atoms with van der Waals surface area (Å²) in [6.45, 7) is 0. The minimum Gasteiger partial charge on any atom is -0.506 e. The van der Waals surface area contributed by atoms with Crippen molar-refractivity contribution in [1.82, 2.24) is 15.0 Å². The summed E-state index contributed by atoms with van der Waals surface area (Å²) in [6.07, 6.45) is 0. The van der Waals surface area contributed by atoms with E-state index in [4.69, 9.17) is 4.55 Å². The Hall–Kier alpha value is -2.65. The van der Waals surface area contributed by atoms with Crippen molar-refractivity contribution in [3.05, 3.63) is 36.4 Å². The van der Waals surface area contributed by atoms with Crippen LogP contribution < -0.4 is 0 Å². The summed E-state index contributed by atoms with van der Waals surface area (Å²) in [5.41, 5.74) is 0.994.